The van der Waals surface area contributed by atoms with Gasteiger partial charge in [0.2, 0.25) is 11.9 Å². The highest BCUT2D eigenvalue weighted by atomic mass is 16.5. The molecule has 33 heavy (non-hydrogen) atoms. The molecule has 0 spiro atoms. The number of ether oxygens (including phenoxy) is 1. The standard InChI is InChI=1S/C23H27N7O3/c1-3-33-22(32)18-5-7-19(8-6-18)26-23-25-16-30(27-23)20-9-10-24-21(15-20)29-12-4-11-28(13-14-29)17(2)31/h5-10,15-16H,3-4,11-14H2,1-2H3,(H,26,27). The van der Waals surface area contributed by atoms with Crippen molar-refractivity contribution in [1.29, 1.82) is 0 Å². The van der Waals surface area contributed by atoms with E-state index in [9.17, 15) is 9.59 Å². The molecule has 2 aromatic heterocycles. The Bertz CT molecular complexity index is 1110. The summed E-state index contributed by atoms with van der Waals surface area (Å²) in [4.78, 5) is 36.4. The molecule has 1 aromatic carbocycles. The normalized spacial score (nSPS) is 14.0. The van der Waals surface area contributed by atoms with Gasteiger partial charge in [0.1, 0.15) is 12.1 Å². The molecule has 3 aromatic rings. The quantitative estimate of drug-likeness (QED) is 0.573. The van der Waals surface area contributed by atoms with Crippen molar-refractivity contribution in [1.82, 2.24) is 24.6 Å². The molecule has 1 aliphatic rings. The SMILES string of the molecule is CCOC(=O)c1ccc(Nc2ncn(-c3ccnc(N4CCCN(C(C)=O)CC4)c3)n2)cc1. The summed E-state index contributed by atoms with van der Waals surface area (Å²) in [6.07, 6.45) is 4.29. The van der Waals surface area contributed by atoms with Gasteiger partial charge in [-0.15, -0.1) is 5.10 Å². The van der Waals surface area contributed by atoms with Crippen LogP contribution in [0.25, 0.3) is 5.69 Å². The van der Waals surface area contributed by atoms with Crippen molar-refractivity contribution in [2.24, 2.45) is 0 Å². The maximum Gasteiger partial charge on any atom is 0.338 e. The molecule has 1 fully saturated rings. The van der Waals surface area contributed by atoms with Crippen molar-refractivity contribution in [2.75, 3.05) is 43.0 Å². The minimum Gasteiger partial charge on any atom is -0.462 e. The zero-order valence-corrected chi connectivity index (χ0v) is 18.8. The Labute approximate surface area is 192 Å². The highest BCUT2D eigenvalue weighted by Crippen LogP contribution is 2.19. The average Bonchev–Trinajstić information content (AvgIpc) is 3.14. The summed E-state index contributed by atoms with van der Waals surface area (Å²) >= 11 is 0. The lowest BCUT2D eigenvalue weighted by Crippen LogP contribution is -2.33. The second kappa shape index (κ2) is 10.1. The van der Waals surface area contributed by atoms with Crippen molar-refractivity contribution in [3.05, 3.63) is 54.5 Å². The first-order chi connectivity index (χ1) is 16.0. The van der Waals surface area contributed by atoms with E-state index < -0.39 is 0 Å². The van der Waals surface area contributed by atoms with Crippen LogP contribution in [0.3, 0.4) is 0 Å². The van der Waals surface area contributed by atoms with E-state index in [4.69, 9.17) is 4.74 Å². The minimum atomic E-state index is -0.349. The molecule has 1 amide bonds. The monoisotopic (exact) mass is 449 g/mol. The van der Waals surface area contributed by atoms with Gasteiger partial charge >= 0.3 is 5.97 Å². The lowest BCUT2D eigenvalue weighted by Gasteiger charge is -2.22. The first-order valence-corrected chi connectivity index (χ1v) is 11.0. The summed E-state index contributed by atoms with van der Waals surface area (Å²) in [6.45, 7) is 6.76. The number of carbonyl (C=O) groups is 2. The van der Waals surface area contributed by atoms with Gasteiger partial charge in [-0.3, -0.25) is 4.79 Å². The fraction of sp³-hybridized carbons (Fsp3) is 0.348. The number of rotatable bonds is 6. The topological polar surface area (TPSA) is 105 Å². The van der Waals surface area contributed by atoms with Crippen LogP contribution >= 0.6 is 0 Å². The van der Waals surface area contributed by atoms with E-state index in [2.05, 4.69) is 25.3 Å². The Morgan fingerprint density at radius 3 is 2.64 bits per heavy atom. The summed E-state index contributed by atoms with van der Waals surface area (Å²) in [6, 6.07) is 10.8. The van der Waals surface area contributed by atoms with Gasteiger partial charge in [-0.25, -0.2) is 14.5 Å². The van der Waals surface area contributed by atoms with Crippen LogP contribution in [-0.4, -0.2) is 69.3 Å². The van der Waals surface area contributed by atoms with Crippen LogP contribution in [0.1, 0.15) is 30.6 Å². The van der Waals surface area contributed by atoms with Crippen molar-refractivity contribution >= 4 is 29.3 Å². The van der Waals surface area contributed by atoms with Crippen molar-refractivity contribution in [2.45, 2.75) is 20.3 Å². The molecular formula is C23H27N7O3. The molecule has 0 unspecified atom stereocenters. The smallest absolute Gasteiger partial charge is 0.338 e. The highest BCUT2D eigenvalue weighted by Gasteiger charge is 2.18. The molecule has 0 aliphatic carbocycles. The molecule has 0 atom stereocenters. The summed E-state index contributed by atoms with van der Waals surface area (Å²) in [7, 11) is 0. The second-order valence-electron chi connectivity index (χ2n) is 7.65. The third-order valence-electron chi connectivity index (χ3n) is 5.40. The van der Waals surface area contributed by atoms with Crippen LogP contribution in [0.5, 0.6) is 0 Å². The first kappa shape index (κ1) is 22.3. The van der Waals surface area contributed by atoms with Crippen LogP contribution < -0.4 is 10.2 Å². The minimum absolute atomic E-state index is 0.108. The molecular weight excluding hydrogens is 422 g/mol. The number of benzene rings is 1. The van der Waals surface area contributed by atoms with Gasteiger partial charge in [0.25, 0.3) is 0 Å². The molecule has 1 N–H and O–H groups in total. The molecule has 3 heterocycles. The van der Waals surface area contributed by atoms with E-state index in [1.54, 1.807) is 55.3 Å². The number of amides is 1. The number of hydrogen-bond acceptors (Lipinski definition) is 8. The van der Waals surface area contributed by atoms with E-state index in [0.717, 1.165) is 43.2 Å². The lowest BCUT2D eigenvalue weighted by atomic mass is 10.2. The Hall–Kier alpha value is -3.95. The fourth-order valence-electron chi connectivity index (χ4n) is 3.66. The van der Waals surface area contributed by atoms with Gasteiger partial charge in [-0.2, -0.15) is 4.98 Å². The molecule has 0 saturated carbocycles. The van der Waals surface area contributed by atoms with Gasteiger partial charge < -0.3 is 19.9 Å². The maximum absolute atomic E-state index is 11.8. The number of nitrogens with one attached hydrogen (secondary N) is 1. The summed E-state index contributed by atoms with van der Waals surface area (Å²) in [5.41, 5.74) is 2.09. The van der Waals surface area contributed by atoms with Crippen molar-refractivity contribution < 1.29 is 14.3 Å². The number of pyridine rings is 1. The number of esters is 1. The molecule has 0 bridgehead atoms. The molecule has 10 nitrogen and oxygen atoms in total. The summed E-state index contributed by atoms with van der Waals surface area (Å²) < 4.78 is 6.68. The predicted molar refractivity (Wildman–Crippen MR) is 124 cm³/mol. The molecule has 4 rings (SSSR count). The van der Waals surface area contributed by atoms with Gasteiger partial charge in [0, 0.05) is 51.1 Å². The van der Waals surface area contributed by atoms with Crippen LogP contribution in [0.15, 0.2) is 48.9 Å². The number of aromatic nitrogens is 4. The van der Waals surface area contributed by atoms with E-state index in [-0.39, 0.29) is 11.9 Å². The molecule has 172 valence electrons. The summed E-state index contributed by atoms with van der Waals surface area (Å²) in [5, 5.41) is 7.64. The average molecular weight is 450 g/mol. The molecule has 1 saturated heterocycles. The number of nitrogens with zero attached hydrogens (tertiary/aromatic N) is 6. The van der Waals surface area contributed by atoms with Crippen LogP contribution in [-0.2, 0) is 9.53 Å². The molecule has 0 radical (unpaired) electrons. The van der Waals surface area contributed by atoms with Crippen LogP contribution in [0.4, 0.5) is 17.5 Å². The van der Waals surface area contributed by atoms with Crippen molar-refractivity contribution in [3.8, 4) is 5.69 Å². The Kier molecular flexibility index (Phi) is 6.82. The zero-order valence-electron chi connectivity index (χ0n) is 18.8. The first-order valence-electron chi connectivity index (χ1n) is 11.0. The number of anilines is 3. The third-order valence-corrected chi connectivity index (χ3v) is 5.40. The third kappa shape index (κ3) is 5.46. The van der Waals surface area contributed by atoms with Gasteiger partial charge in [-0.1, -0.05) is 0 Å². The van der Waals surface area contributed by atoms with Crippen LogP contribution in [0, 0.1) is 0 Å². The number of hydrogen-bond donors (Lipinski definition) is 1. The Morgan fingerprint density at radius 2 is 1.88 bits per heavy atom. The predicted octanol–water partition coefficient (Wildman–Crippen LogP) is 2.64. The zero-order chi connectivity index (χ0) is 23.2. The van der Waals surface area contributed by atoms with E-state index in [0.29, 0.717) is 24.7 Å². The Morgan fingerprint density at radius 1 is 1.06 bits per heavy atom. The molecule has 1 aliphatic heterocycles. The van der Waals surface area contributed by atoms with E-state index in [1.165, 1.54) is 0 Å². The Balaban J connectivity index is 1.43. The largest absolute Gasteiger partial charge is 0.462 e. The maximum atomic E-state index is 11.8. The van der Waals surface area contributed by atoms with E-state index >= 15 is 0 Å². The van der Waals surface area contributed by atoms with Gasteiger partial charge in [0.05, 0.1) is 17.9 Å². The van der Waals surface area contributed by atoms with E-state index in [1.807, 2.05) is 17.0 Å². The number of carbonyl (C=O) groups excluding carboxylic acids is 2. The fourth-order valence-corrected chi connectivity index (χ4v) is 3.66. The van der Waals surface area contributed by atoms with Crippen molar-refractivity contribution in [3.63, 3.8) is 0 Å². The summed E-state index contributed by atoms with van der Waals surface area (Å²) in [5.74, 6) is 1.04. The lowest BCUT2D eigenvalue weighted by molar-refractivity contribution is -0.128. The van der Waals surface area contributed by atoms with Crippen LogP contribution in [0.2, 0.25) is 0 Å². The van der Waals surface area contributed by atoms with Gasteiger partial charge in [0.15, 0.2) is 0 Å². The highest BCUT2D eigenvalue weighted by molar-refractivity contribution is 5.89. The second-order valence-corrected chi connectivity index (χ2v) is 7.65. The van der Waals surface area contributed by atoms with Gasteiger partial charge in [-0.05, 0) is 43.7 Å². The molecule has 10 heteroatoms.